The molecule has 0 amide bonds. The quantitative estimate of drug-likeness (QED) is 0.0300. The Hall–Kier alpha value is -0.0200. The van der Waals surface area contributed by atoms with E-state index in [0.717, 1.165) is 0 Å². The van der Waals surface area contributed by atoms with Crippen LogP contribution in [0.2, 0.25) is 0 Å². The highest BCUT2D eigenvalue weighted by Gasteiger charge is 2.34. The lowest BCUT2D eigenvalue weighted by atomic mass is 9.86. The van der Waals surface area contributed by atoms with Gasteiger partial charge in [-0.1, -0.05) is 0 Å². The minimum atomic E-state index is -1.83. The van der Waals surface area contributed by atoms with Crippen LogP contribution in [0.4, 0.5) is 0 Å². The molecule has 0 aliphatic heterocycles. The molecule has 0 bridgehead atoms. The normalized spacial score (nSPS) is 18.9. The molecule has 13 N–H and O–H groups in total. The van der Waals surface area contributed by atoms with E-state index in [9.17, 15) is 40.9 Å². The largest absolute Gasteiger partial charge is 0.394 e. The highest BCUT2D eigenvalue weighted by atomic mass is 35.5. The summed E-state index contributed by atoms with van der Waals surface area (Å²) in [6.07, 6.45) is -14.0. The van der Waals surface area contributed by atoms with E-state index in [0.29, 0.717) is 6.61 Å². The van der Waals surface area contributed by atoms with Crippen LogP contribution in [0, 0.1) is 5.92 Å². The van der Waals surface area contributed by atoms with Crippen LogP contribution < -0.4 is 11.2 Å². The molecule has 0 saturated carbocycles. The molecule has 228 valence electrons. The van der Waals surface area contributed by atoms with Crippen LogP contribution in [-0.2, 0) is 14.3 Å². The first-order valence-electron chi connectivity index (χ1n) is 11.5. The van der Waals surface area contributed by atoms with Gasteiger partial charge < -0.3 is 66.3 Å². The van der Waals surface area contributed by atoms with Gasteiger partial charge in [0.1, 0.15) is 36.6 Å². The van der Waals surface area contributed by atoms with E-state index in [2.05, 4.69) is 5.48 Å². The van der Waals surface area contributed by atoms with Crippen molar-refractivity contribution in [2.75, 3.05) is 52.9 Å². The fourth-order valence-corrected chi connectivity index (χ4v) is 3.22. The summed E-state index contributed by atoms with van der Waals surface area (Å²) in [6, 6.07) is 0. The maximum absolute atomic E-state index is 10.3. The summed E-state index contributed by atoms with van der Waals surface area (Å²) < 4.78 is 10.7. The molecule has 0 aromatic carbocycles. The van der Waals surface area contributed by atoms with Gasteiger partial charge in [-0.25, -0.2) is 0 Å². The molecule has 0 spiro atoms. The molecule has 0 aliphatic carbocycles. The van der Waals surface area contributed by atoms with E-state index < -0.39 is 68.0 Å². The van der Waals surface area contributed by atoms with Gasteiger partial charge in [-0.05, 0) is 25.2 Å². The van der Waals surface area contributed by atoms with Gasteiger partial charge in [0.25, 0.3) is 0 Å². The summed E-state index contributed by atoms with van der Waals surface area (Å²) in [5.41, 5.74) is 7.64. The van der Waals surface area contributed by atoms with Gasteiger partial charge >= 0.3 is 0 Å². The third-order valence-corrected chi connectivity index (χ3v) is 5.36. The Kier molecular flexibility index (Phi) is 28.0. The van der Waals surface area contributed by atoms with E-state index >= 15 is 0 Å². The first-order valence-corrected chi connectivity index (χ1v) is 11.5. The molecule has 0 radical (unpaired) electrons. The molecule has 37 heavy (non-hydrogen) atoms. The number of nitrogens with one attached hydrogen (secondary N) is 1. The molecule has 0 rings (SSSR count). The van der Waals surface area contributed by atoms with Crippen molar-refractivity contribution in [1.29, 1.82) is 0 Å². The Morgan fingerprint density at radius 2 is 0.946 bits per heavy atom. The number of aliphatic hydroxyl groups is 10. The summed E-state index contributed by atoms with van der Waals surface area (Å²) in [6.45, 7) is -0.305. The fraction of sp³-hybridized carbons (Fsp3) is 1.00. The molecule has 0 aromatic heterocycles. The lowest BCUT2D eigenvalue weighted by Gasteiger charge is -2.31. The molecule has 0 heterocycles. The second-order valence-corrected chi connectivity index (χ2v) is 8.14. The number of aliphatic hydroxyl groups excluding tert-OH is 10. The average molecular weight is 593 g/mol. The Morgan fingerprint density at radius 3 is 1.35 bits per heavy atom. The van der Waals surface area contributed by atoms with Crippen molar-refractivity contribution in [2.24, 2.45) is 11.7 Å². The highest BCUT2D eigenvalue weighted by molar-refractivity contribution is 5.85. The van der Waals surface area contributed by atoms with Gasteiger partial charge in [0, 0.05) is 6.61 Å². The highest BCUT2D eigenvalue weighted by Crippen LogP contribution is 2.23. The third-order valence-electron chi connectivity index (χ3n) is 5.36. The second kappa shape index (κ2) is 25.0. The van der Waals surface area contributed by atoms with Crippen molar-refractivity contribution in [3.8, 4) is 0 Å². The Bertz CT molecular complexity index is 477. The number of hydrogen-bond donors (Lipinski definition) is 12. The van der Waals surface area contributed by atoms with Crippen molar-refractivity contribution in [3.63, 3.8) is 0 Å². The molecule has 17 heteroatoms. The molecular weight excluding hydrogens is 547 g/mol. The molecule has 15 nitrogen and oxygen atoms in total. The number of nitrogens with two attached hydrogens (primary N) is 1. The van der Waals surface area contributed by atoms with Crippen LogP contribution in [0.1, 0.15) is 19.3 Å². The van der Waals surface area contributed by atoms with Gasteiger partial charge in [-0.3, -0.25) is 4.84 Å². The molecule has 8 unspecified atom stereocenters. The Labute approximate surface area is 228 Å². The van der Waals surface area contributed by atoms with E-state index in [4.69, 9.17) is 30.3 Å². The van der Waals surface area contributed by atoms with E-state index in [1.807, 2.05) is 0 Å². The molecule has 0 saturated heterocycles. The number of halogens is 2. The van der Waals surface area contributed by atoms with Gasteiger partial charge in [-0.2, -0.15) is 5.48 Å². The number of ether oxygens (including phenoxy) is 2. The predicted octanol–water partition coefficient (Wildman–Crippen LogP) is -5.04. The van der Waals surface area contributed by atoms with Crippen LogP contribution in [0.3, 0.4) is 0 Å². The zero-order valence-electron chi connectivity index (χ0n) is 20.6. The molecule has 8 atom stereocenters. The van der Waals surface area contributed by atoms with Crippen LogP contribution >= 0.6 is 24.8 Å². The van der Waals surface area contributed by atoms with Crippen molar-refractivity contribution in [2.45, 2.75) is 68.1 Å². The van der Waals surface area contributed by atoms with Gasteiger partial charge in [0.2, 0.25) is 0 Å². The van der Waals surface area contributed by atoms with Crippen LogP contribution in [0.25, 0.3) is 0 Å². The van der Waals surface area contributed by atoms with E-state index in [-0.39, 0.29) is 77.2 Å². The number of rotatable bonds is 23. The monoisotopic (exact) mass is 592 g/mol. The number of hydrogen-bond acceptors (Lipinski definition) is 15. The van der Waals surface area contributed by atoms with E-state index in [1.165, 1.54) is 0 Å². The van der Waals surface area contributed by atoms with Crippen molar-refractivity contribution >= 4 is 24.8 Å². The maximum atomic E-state index is 10.3. The summed E-state index contributed by atoms with van der Waals surface area (Å²) in [7, 11) is 0. The maximum Gasteiger partial charge on any atom is 0.110 e. The molecule has 0 aliphatic rings. The van der Waals surface area contributed by atoms with Crippen molar-refractivity contribution < 1.29 is 65.4 Å². The minimum absolute atomic E-state index is 0. The summed E-state index contributed by atoms with van der Waals surface area (Å²) in [5.74, 6) is -0.613. The van der Waals surface area contributed by atoms with Crippen LogP contribution in [-0.4, -0.2) is 153 Å². The van der Waals surface area contributed by atoms with Crippen LogP contribution in [0.15, 0.2) is 0 Å². The van der Waals surface area contributed by atoms with Crippen LogP contribution in [0.5, 0.6) is 0 Å². The first kappa shape index (κ1) is 41.5. The van der Waals surface area contributed by atoms with Crippen molar-refractivity contribution in [3.05, 3.63) is 0 Å². The molecular formula is C20H46Cl2N2O13. The van der Waals surface area contributed by atoms with E-state index in [1.54, 1.807) is 0 Å². The predicted molar refractivity (Wildman–Crippen MR) is 134 cm³/mol. The fourth-order valence-electron chi connectivity index (χ4n) is 3.22. The Morgan fingerprint density at radius 1 is 0.568 bits per heavy atom. The number of hydroxylamine groups is 1. The average Bonchev–Trinajstić information content (AvgIpc) is 2.86. The molecule has 0 fully saturated rings. The van der Waals surface area contributed by atoms with Gasteiger partial charge in [0.15, 0.2) is 0 Å². The standard InChI is InChI=1S/C20H44N2O13.2ClH/c21-11-22-35-6-5-34-4-3-33-2-1-12(7-13(25)17(29)19(31)15(27)9-23)8-14(26)18(30)20(32)16(28)10-24;;/h12-20,22-32H,1-11,21H2;2*1H. The first-order chi connectivity index (χ1) is 16.6. The zero-order valence-corrected chi connectivity index (χ0v) is 22.2. The zero-order chi connectivity index (χ0) is 26.8. The summed E-state index contributed by atoms with van der Waals surface area (Å²) in [5, 5.41) is 97.1. The summed E-state index contributed by atoms with van der Waals surface area (Å²) >= 11 is 0. The summed E-state index contributed by atoms with van der Waals surface area (Å²) in [4.78, 5) is 4.91. The van der Waals surface area contributed by atoms with Gasteiger partial charge in [0.05, 0.1) is 58.5 Å². The van der Waals surface area contributed by atoms with Gasteiger partial charge in [-0.15, -0.1) is 24.8 Å². The topological polar surface area (TPSA) is 268 Å². The second-order valence-electron chi connectivity index (χ2n) is 8.14. The third kappa shape index (κ3) is 18.0. The minimum Gasteiger partial charge on any atom is -0.394 e. The smallest absolute Gasteiger partial charge is 0.110 e. The molecule has 0 aromatic rings. The lowest BCUT2D eigenvalue weighted by molar-refractivity contribution is -0.128. The lowest BCUT2D eigenvalue weighted by Crippen LogP contribution is -2.48. The Balaban J connectivity index is -0.00000578. The SMILES string of the molecule is Cl.Cl.NCNOCCOCCOCCC(CC(O)C(O)C(O)C(O)CO)CC(O)C(O)C(O)C(O)CO. The van der Waals surface area contributed by atoms with Crippen molar-refractivity contribution in [1.82, 2.24) is 5.48 Å².